The van der Waals surface area contributed by atoms with Crippen LogP contribution in [0.25, 0.3) is 10.1 Å². The van der Waals surface area contributed by atoms with E-state index in [4.69, 9.17) is 5.73 Å². The fourth-order valence-corrected chi connectivity index (χ4v) is 3.14. The maximum Gasteiger partial charge on any atom is 0.131 e. The topological polar surface area (TPSA) is 26.0 Å². The molecule has 0 saturated carbocycles. The van der Waals surface area contributed by atoms with Crippen molar-refractivity contribution in [3.8, 4) is 0 Å². The van der Waals surface area contributed by atoms with Gasteiger partial charge in [-0.3, -0.25) is 0 Å². The Bertz CT molecular complexity index is 736. The molecule has 3 rings (SSSR count). The van der Waals surface area contributed by atoms with Gasteiger partial charge in [-0.15, -0.1) is 11.3 Å². The van der Waals surface area contributed by atoms with Gasteiger partial charge in [0.15, 0.2) is 0 Å². The lowest BCUT2D eigenvalue weighted by molar-refractivity contribution is 0.566. The van der Waals surface area contributed by atoms with Crippen LogP contribution >= 0.6 is 11.3 Å². The van der Waals surface area contributed by atoms with Crippen LogP contribution in [0, 0.1) is 11.6 Å². The molecule has 1 atom stereocenters. The largest absolute Gasteiger partial charge is 0.320 e. The van der Waals surface area contributed by atoms with Crippen molar-refractivity contribution in [3.05, 3.63) is 70.6 Å². The molecule has 1 aromatic heterocycles. The molecular formula is C15H11F2NS. The van der Waals surface area contributed by atoms with Crippen LogP contribution in [0.1, 0.15) is 17.2 Å². The minimum atomic E-state index is -0.610. The summed E-state index contributed by atoms with van der Waals surface area (Å²) in [6.45, 7) is 0. The van der Waals surface area contributed by atoms with Crippen LogP contribution < -0.4 is 5.73 Å². The van der Waals surface area contributed by atoms with E-state index in [0.29, 0.717) is 5.56 Å². The zero-order chi connectivity index (χ0) is 13.4. The van der Waals surface area contributed by atoms with E-state index in [1.165, 1.54) is 12.1 Å². The molecule has 3 aromatic rings. The molecular weight excluding hydrogens is 264 g/mol. The smallest absolute Gasteiger partial charge is 0.131 e. The first-order valence-electron chi connectivity index (χ1n) is 5.83. The Labute approximate surface area is 113 Å². The molecule has 2 N–H and O–H groups in total. The predicted molar refractivity (Wildman–Crippen MR) is 74.2 cm³/mol. The van der Waals surface area contributed by atoms with Crippen molar-refractivity contribution < 1.29 is 8.78 Å². The molecule has 0 spiro atoms. The van der Waals surface area contributed by atoms with Crippen LogP contribution in [0.15, 0.2) is 47.8 Å². The molecule has 0 aliphatic heterocycles. The van der Waals surface area contributed by atoms with E-state index in [-0.39, 0.29) is 0 Å². The molecule has 1 nitrogen and oxygen atoms in total. The highest BCUT2D eigenvalue weighted by molar-refractivity contribution is 7.17. The normalized spacial score (nSPS) is 12.8. The molecule has 0 aliphatic carbocycles. The molecule has 4 heteroatoms. The first kappa shape index (κ1) is 12.3. The van der Waals surface area contributed by atoms with Gasteiger partial charge in [-0.1, -0.05) is 24.3 Å². The van der Waals surface area contributed by atoms with Crippen molar-refractivity contribution in [2.24, 2.45) is 5.73 Å². The van der Waals surface area contributed by atoms with E-state index in [0.717, 1.165) is 21.7 Å². The van der Waals surface area contributed by atoms with Crippen molar-refractivity contribution in [3.63, 3.8) is 0 Å². The molecule has 0 amide bonds. The van der Waals surface area contributed by atoms with E-state index >= 15 is 0 Å². The zero-order valence-corrected chi connectivity index (χ0v) is 10.8. The lowest BCUT2D eigenvalue weighted by atomic mass is 9.98. The van der Waals surface area contributed by atoms with Crippen LogP contribution in [0.5, 0.6) is 0 Å². The third-order valence-electron chi connectivity index (χ3n) is 3.14. The molecule has 0 radical (unpaired) electrons. The van der Waals surface area contributed by atoms with Gasteiger partial charge in [0.05, 0.1) is 6.04 Å². The fraction of sp³-hybridized carbons (Fsp3) is 0.0667. The quantitative estimate of drug-likeness (QED) is 0.744. The van der Waals surface area contributed by atoms with Crippen LogP contribution in [-0.4, -0.2) is 0 Å². The van der Waals surface area contributed by atoms with Gasteiger partial charge in [-0.05, 0) is 28.5 Å². The average Bonchev–Trinajstić information content (AvgIpc) is 2.86. The van der Waals surface area contributed by atoms with Crippen molar-refractivity contribution in [1.82, 2.24) is 0 Å². The molecule has 0 bridgehead atoms. The van der Waals surface area contributed by atoms with Gasteiger partial charge in [0.2, 0.25) is 0 Å². The summed E-state index contributed by atoms with van der Waals surface area (Å²) in [5, 5.41) is 3.06. The maximum atomic E-state index is 13.8. The minimum Gasteiger partial charge on any atom is -0.320 e. The Morgan fingerprint density at radius 1 is 1.00 bits per heavy atom. The molecule has 1 unspecified atom stereocenters. The molecule has 19 heavy (non-hydrogen) atoms. The fourth-order valence-electron chi connectivity index (χ4n) is 2.18. The molecule has 0 saturated heterocycles. The second kappa shape index (κ2) is 4.72. The first-order chi connectivity index (χ1) is 9.16. The Hall–Kier alpha value is -1.78. The van der Waals surface area contributed by atoms with E-state index < -0.39 is 17.7 Å². The second-order valence-corrected chi connectivity index (χ2v) is 5.25. The SMILES string of the molecule is NC(c1ccc(F)cc1F)c1cccc2ccsc12. The van der Waals surface area contributed by atoms with Crippen molar-refractivity contribution >= 4 is 21.4 Å². The van der Waals surface area contributed by atoms with E-state index in [1.807, 2.05) is 29.6 Å². The molecule has 96 valence electrons. The Kier molecular flexibility index (Phi) is 3.05. The number of benzene rings is 2. The number of thiophene rings is 1. The predicted octanol–water partition coefficient (Wildman–Crippen LogP) is 4.23. The summed E-state index contributed by atoms with van der Waals surface area (Å²) >= 11 is 1.57. The van der Waals surface area contributed by atoms with Gasteiger partial charge in [0.25, 0.3) is 0 Å². The van der Waals surface area contributed by atoms with E-state index in [9.17, 15) is 8.78 Å². The lowest BCUT2D eigenvalue weighted by Crippen LogP contribution is -2.13. The van der Waals surface area contributed by atoms with Gasteiger partial charge in [0, 0.05) is 16.3 Å². The lowest BCUT2D eigenvalue weighted by Gasteiger charge is -2.14. The summed E-state index contributed by atoms with van der Waals surface area (Å²) < 4.78 is 27.8. The number of rotatable bonds is 2. The molecule has 0 aliphatic rings. The number of fused-ring (bicyclic) bond motifs is 1. The van der Waals surface area contributed by atoms with E-state index in [1.54, 1.807) is 11.3 Å². The van der Waals surface area contributed by atoms with E-state index in [2.05, 4.69) is 0 Å². The first-order valence-corrected chi connectivity index (χ1v) is 6.71. The van der Waals surface area contributed by atoms with Gasteiger partial charge in [0.1, 0.15) is 11.6 Å². The summed E-state index contributed by atoms with van der Waals surface area (Å²) in [6.07, 6.45) is 0. The Morgan fingerprint density at radius 2 is 1.84 bits per heavy atom. The molecule has 1 heterocycles. The van der Waals surface area contributed by atoms with Crippen molar-refractivity contribution in [2.75, 3.05) is 0 Å². The second-order valence-electron chi connectivity index (χ2n) is 4.33. The number of hydrogen-bond donors (Lipinski definition) is 1. The Balaban J connectivity index is 2.13. The minimum absolute atomic E-state index is 0.308. The van der Waals surface area contributed by atoms with Gasteiger partial charge < -0.3 is 5.73 Å². The third-order valence-corrected chi connectivity index (χ3v) is 4.12. The Morgan fingerprint density at radius 3 is 2.63 bits per heavy atom. The standard InChI is InChI=1S/C15H11F2NS/c16-10-4-5-11(13(17)8-10)14(18)12-3-1-2-9-6-7-19-15(9)12/h1-8,14H,18H2. The number of halogens is 2. The maximum absolute atomic E-state index is 13.8. The van der Waals surface area contributed by atoms with Crippen molar-refractivity contribution in [2.45, 2.75) is 6.04 Å². The average molecular weight is 275 g/mol. The van der Waals surface area contributed by atoms with Crippen LogP contribution in [0.2, 0.25) is 0 Å². The van der Waals surface area contributed by atoms with Crippen LogP contribution in [0.4, 0.5) is 8.78 Å². The summed E-state index contributed by atoms with van der Waals surface area (Å²) in [7, 11) is 0. The van der Waals surface area contributed by atoms with Gasteiger partial charge >= 0.3 is 0 Å². The van der Waals surface area contributed by atoms with Crippen molar-refractivity contribution in [1.29, 1.82) is 0 Å². The van der Waals surface area contributed by atoms with Gasteiger partial charge in [-0.25, -0.2) is 8.78 Å². The van der Waals surface area contributed by atoms with Crippen LogP contribution in [-0.2, 0) is 0 Å². The number of hydrogen-bond acceptors (Lipinski definition) is 2. The summed E-state index contributed by atoms with van der Waals surface area (Å²) in [6, 6.07) is 10.7. The highest BCUT2D eigenvalue weighted by Crippen LogP contribution is 2.32. The summed E-state index contributed by atoms with van der Waals surface area (Å²) in [5.74, 6) is -1.20. The zero-order valence-electron chi connectivity index (χ0n) is 9.94. The monoisotopic (exact) mass is 275 g/mol. The summed E-state index contributed by atoms with van der Waals surface area (Å²) in [4.78, 5) is 0. The highest BCUT2D eigenvalue weighted by atomic mass is 32.1. The van der Waals surface area contributed by atoms with Gasteiger partial charge in [-0.2, -0.15) is 0 Å². The summed E-state index contributed by atoms with van der Waals surface area (Å²) in [5.41, 5.74) is 7.30. The molecule has 2 aromatic carbocycles. The third kappa shape index (κ3) is 2.13. The number of nitrogens with two attached hydrogens (primary N) is 1. The molecule has 0 fully saturated rings. The van der Waals surface area contributed by atoms with Crippen LogP contribution in [0.3, 0.4) is 0 Å². The highest BCUT2D eigenvalue weighted by Gasteiger charge is 2.16.